The molecule has 1 rings (SSSR count). The van der Waals surface area contributed by atoms with E-state index >= 15 is 0 Å². The molecule has 1 heterocycles. The van der Waals surface area contributed by atoms with Gasteiger partial charge in [0.25, 0.3) is 0 Å². The van der Waals surface area contributed by atoms with Gasteiger partial charge in [-0.1, -0.05) is 6.92 Å². The summed E-state index contributed by atoms with van der Waals surface area (Å²) in [5.41, 5.74) is 0. The van der Waals surface area contributed by atoms with Gasteiger partial charge in [0.15, 0.2) is 0 Å². The largest absolute Gasteiger partial charge is 0.382 e. The summed E-state index contributed by atoms with van der Waals surface area (Å²) in [4.78, 5) is 0. The Morgan fingerprint density at radius 3 is 2.53 bits per heavy atom. The van der Waals surface area contributed by atoms with E-state index in [1.807, 2.05) is 7.85 Å². The van der Waals surface area contributed by atoms with Crippen molar-refractivity contribution < 1.29 is 18.9 Å². The van der Waals surface area contributed by atoms with Crippen LogP contribution in [0, 0.1) is 0 Å². The SMILES string of the molecule is B[C@@H]1OC(COC)[C@@H](OC)[C@H]1OCCC. The van der Waals surface area contributed by atoms with Gasteiger partial charge in [-0.15, -0.1) is 0 Å². The summed E-state index contributed by atoms with van der Waals surface area (Å²) >= 11 is 0. The van der Waals surface area contributed by atoms with E-state index < -0.39 is 0 Å². The van der Waals surface area contributed by atoms with Gasteiger partial charge in [0, 0.05) is 20.8 Å². The third-order valence-electron chi connectivity index (χ3n) is 2.66. The van der Waals surface area contributed by atoms with Crippen LogP contribution in [0.2, 0.25) is 0 Å². The molecule has 0 N–H and O–H groups in total. The monoisotopic (exact) mass is 216 g/mol. The fourth-order valence-electron chi connectivity index (χ4n) is 1.98. The van der Waals surface area contributed by atoms with Crippen LogP contribution in [-0.2, 0) is 18.9 Å². The van der Waals surface area contributed by atoms with Crippen LogP contribution in [0.25, 0.3) is 0 Å². The van der Waals surface area contributed by atoms with E-state index in [-0.39, 0.29) is 24.3 Å². The summed E-state index contributed by atoms with van der Waals surface area (Å²) in [6, 6.07) is 0.0710. The maximum absolute atomic E-state index is 5.74. The highest BCUT2D eigenvalue weighted by Gasteiger charge is 2.43. The topological polar surface area (TPSA) is 36.9 Å². The lowest BCUT2D eigenvalue weighted by molar-refractivity contribution is -0.0555. The first-order valence-electron chi connectivity index (χ1n) is 5.53. The molecule has 0 saturated carbocycles. The smallest absolute Gasteiger partial charge is 0.142 e. The minimum Gasteiger partial charge on any atom is -0.382 e. The first-order valence-corrected chi connectivity index (χ1v) is 5.53. The van der Waals surface area contributed by atoms with E-state index in [2.05, 4.69) is 6.92 Å². The molecule has 4 atom stereocenters. The van der Waals surface area contributed by atoms with Gasteiger partial charge in [-0.3, -0.25) is 0 Å². The molecule has 0 radical (unpaired) electrons. The van der Waals surface area contributed by atoms with Crippen LogP contribution >= 0.6 is 0 Å². The number of ether oxygens (including phenoxy) is 4. The first-order chi connectivity index (χ1) is 7.24. The molecule has 1 fully saturated rings. The Labute approximate surface area is 92.6 Å². The van der Waals surface area contributed by atoms with Crippen molar-refractivity contribution >= 4 is 7.85 Å². The molecular weight excluding hydrogens is 195 g/mol. The Bertz CT molecular complexity index is 179. The molecule has 0 aromatic heterocycles. The first kappa shape index (κ1) is 13.0. The van der Waals surface area contributed by atoms with Gasteiger partial charge in [0.2, 0.25) is 0 Å². The fraction of sp³-hybridized carbons (Fsp3) is 1.00. The molecule has 1 aliphatic rings. The molecule has 4 nitrogen and oxygen atoms in total. The van der Waals surface area contributed by atoms with Crippen molar-refractivity contribution in [1.29, 1.82) is 0 Å². The molecule has 0 aromatic rings. The van der Waals surface area contributed by atoms with Gasteiger partial charge in [0.05, 0.1) is 12.6 Å². The van der Waals surface area contributed by atoms with Crippen molar-refractivity contribution in [3.8, 4) is 0 Å². The average Bonchev–Trinajstić information content (AvgIpc) is 2.52. The number of hydrogen-bond acceptors (Lipinski definition) is 4. The quantitative estimate of drug-likeness (QED) is 0.576. The standard InChI is InChI=1S/C10H21BO4/c1-4-5-14-9-8(13-3)7(6-12-2)15-10(9)11/h7-10H,4-6,11H2,1-3H3/t7?,8-,9-,10-/m1/s1. The van der Waals surface area contributed by atoms with Gasteiger partial charge in [-0.2, -0.15) is 0 Å². The maximum Gasteiger partial charge on any atom is 0.142 e. The van der Waals surface area contributed by atoms with E-state index in [0.717, 1.165) is 13.0 Å². The van der Waals surface area contributed by atoms with Crippen LogP contribution in [0.1, 0.15) is 13.3 Å². The minimum absolute atomic E-state index is 0.0168. The second-order valence-corrected chi connectivity index (χ2v) is 3.87. The van der Waals surface area contributed by atoms with Crippen molar-refractivity contribution in [2.75, 3.05) is 27.4 Å². The summed E-state index contributed by atoms with van der Waals surface area (Å²) in [6.45, 7) is 3.39. The summed E-state index contributed by atoms with van der Waals surface area (Å²) < 4.78 is 22.0. The van der Waals surface area contributed by atoms with Crippen molar-refractivity contribution in [1.82, 2.24) is 0 Å². The van der Waals surface area contributed by atoms with Crippen molar-refractivity contribution in [2.24, 2.45) is 0 Å². The summed E-state index contributed by atoms with van der Waals surface area (Å²) in [7, 11) is 5.38. The van der Waals surface area contributed by atoms with E-state index in [1.54, 1.807) is 14.2 Å². The van der Waals surface area contributed by atoms with Crippen molar-refractivity contribution in [2.45, 2.75) is 37.7 Å². The highest BCUT2D eigenvalue weighted by molar-refractivity contribution is 6.11. The summed E-state index contributed by atoms with van der Waals surface area (Å²) in [5.74, 6) is 0. The summed E-state index contributed by atoms with van der Waals surface area (Å²) in [5, 5.41) is 0. The van der Waals surface area contributed by atoms with E-state index in [4.69, 9.17) is 18.9 Å². The maximum atomic E-state index is 5.74. The molecule has 15 heavy (non-hydrogen) atoms. The van der Waals surface area contributed by atoms with Gasteiger partial charge in [-0.05, 0) is 6.42 Å². The normalized spacial score (nSPS) is 35.9. The third-order valence-corrected chi connectivity index (χ3v) is 2.66. The molecule has 0 amide bonds. The molecule has 1 unspecified atom stereocenters. The zero-order valence-corrected chi connectivity index (χ0v) is 10.1. The Balaban J connectivity index is 2.52. The molecule has 1 aliphatic heterocycles. The van der Waals surface area contributed by atoms with Gasteiger partial charge in [-0.25, -0.2) is 0 Å². The van der Waals surface area contributed by atoms with Crippen LogP contribution in [0.15, 0.2) is 0 Å². The molecule has 0 bridgehead atoms. The Hall–Kier alpha value is -0.0951. The molecule has 1 saturated heterocycles. The van der Waals surface area contributed by atoms with Gasteiger partial charge >= 0.3 is 0 Å². The predicted molar refractivity (Wildman–Crippen MR) is 59.9 cm³/mol. The Kier molecular flexibility index (Phi) is 5.60. The lowest BCUT2D eigenvalue weighted by atomic mass is 9.93. The van der Waals surface area contributed by atoms with Gasteiger partial charge in [0.1, 0.15) is 26.2 Å². The number of rotatable bonds is 6. The fourth-order valence-corrected chi connectivity index (χ4v) is 1.98. The highest BCUT2D eigenvalue weighted by Crippen LogP contribution is 2.24. The van der Waals surface area contributed by atoms with E-state index in [0.29, 0.717) is 6.61 Å². The van der Waals surface area contributed by atoms with Crippen LogP contribution in [0.3, 0.4) is 0 Å². The number of hydrogen-bond donors (Lipinski definition) is 0. The van der Waals surface area contributed by atoms with Crippen molar-refractivity contribution in [3.63, 3.8) is 0 Å². The molecule has 0 aromatic carbocycles. The summed E-state index contributed by atoms with van der Waals surface area (Å²) in [6.07, 6.45) is 0.993. The second-order valence-electron chi connectivity index (χ2n) is 3.87. The third kappa shape index (κ3) is 3.18. The zero-order chi connectivity index (χ0) is 11.3. The van der Waals surface area contributed by atoms with Crippen LogP contribution < -0.4 is 0 Å². The molecule has 0 spiro atoms. The lowest BCUT2D eigenvalue weighted by Gasteiger charge is -2.22. The van der Waals surface area contributed by atoms with Gasteiger partial charge < -0.3 is 18.9 Å². The lowest BCUT2D eigenvalue weighted by Crippen LogP contribution is -2.38. The predicted octanol–water partition coefficient (Wildman–Crippen LogP) is -0.199. The highest BCUT2D eigenvalue weighted by atomic mass is 16.6. The van der Waals surface area contributed by atoms with Crippen LogP contribution in [0.4, 0.5) is 0 Å². The molecule has 0 aliphatic carbocycles. The molecule has 88 valence electrons. The Morgan fingerprint density at radius 2 is 2.00 bits per heavy atom. The van der Waals surface area contributed by atoms with Crippen molar-refractivity contribution in [3.05, 3.63) is 0 Å². The van der Waals surface area contributed by atoms with E-state index in [1.165, 1.54) is 0 Å². The molecule has 5 heteroatoms. The minimum atomic E-state index is -0.0218. The number of methoxy groups -OCH3 is 2. The molecular formula is C10H21BO4. The van der Waals surface area contributed by atoms with Crippen LogP contribution in [0.5, 0.6) is 0 Å². The van der Waals surface area contributed by atoms with Crippen LogP contribution in [-0.4, -0.2) is 59.6 Å². The second kappa shape index (κ2) is 6.48. The van der Waals surface area contributed by atoms with E-state index in [9.17, 15) is 0 Å². The average molecular weight is 216 g/mol. The zero-order valence-electron chi connectivity index (χ0n) is 10.1. The Morgan fingerprint density at radius 1 is 1.27 bits per heavy atom.